The Bertz CT molecular complexity index is 350. The highest BCUT2D eigenvalue weighted by atomic mass is 14.9. The zero-order chi connectivity index (χ0) is 11.1. The highest BCUT2D eigenvalue weighted by Crippen LogP contribution is 2.38. The molecule has 2 rings (SSSR count). The van der Waals surface area contributed by atoms with Gasteiger partial charge in [0.2, 0.25) is 0 Å². The summed E-state index contributed by atoms with van der Waals surface area (Å²) >= 11 is 0. The number of hydrogen-bond donors (Lipinski definition) is 1. The number of rotatable bonds is 2. The van der Waals surface area contributed by atoms with Crippen LogP contribution < -0.4 is 5.73 Å². The molecule has 1 aliphatic rings. The molecule has 15 heavy (non-hydrogen) atoms. The molecule has 0 radical (unpaired) electrons. The van der Waals surface area contributed by atoms with E-state index in [0.717, 1.165) is 11.5 Å². The Hall–Kier alpha value is -0.960. The van der Waals surface area contributed by atoms with Crippen LogP contribution >= 0.6 is 0 Å². The number of hydrogen-bond acceptors (Lipinski definition) is 3. The van der Waals surface area contributed by atoms with Crippen LogP contribution in [0.2, 0.25) is 0 Å². The van der Waals surface area contributed by atoms with Crippen LogP contribution in [0.5, 0.6) is 0 Å². The normalized spacial score (nSPS) is 18.9. The van der Waals surface area contributed by atoms with E-state index in [9.17, 15) is 0 Å². The van der Waals surface area contributed by atoms with Gasteiger partial charge in [-0.1, -0.05) is 20.8 Å². The zero-order valence-corrected chi connectivity index (χ0v) is 9.70. The Morgan fingerprint density at radius 3 is 2.60 bits per heavy atom. The lowest BCUT2D eigenvalue weighted by Crippen LogP contribution is -2.20. The summed E-state index contributed by atoms with van der Waals surface area (Å²) in [6, 6.07) is 2.01. The van der Waals surface area contributed by atoms with Crippen molar-refractivity contribution in [3.05, 3.63) is 23.8 Å². The maximum atomic E-state index is 6.09. The fourth-order valence-electron chi connectivity index (χ4n) is 1.62. The fraction of sp³-hybridized carbons (Fsp3) is 0.667. The van der Waals surface area contributed by atoms with Crippen molar-refractivity contribution >= 4 is 0 Å². The Kier molecular flexibility index (Phi) is 2.51. The van der Waals surface area contributed by atoms with Gasteiger partial charge in [0.1, 0.15) is 5.82 Å². The molecule has 0 aliphatic heterocycles. The summed E-state index contributed by atoms with van der Waals surface area (Å²) < 4.78 is 0. The van der Waals surface area contributed by atoms with E-state index in [0.29, 0.717) is 5.92 Å². The summed E-state index contributed by atoms with van der Waals surface area (Å²) in [6.07, 6.45) is 4.28. The van der Waals surface area contributed by atoms with Gasteiger partial charge in [0.05, 0.1) is 6.04 Å². The molecule has 0 amide bonds. The molecule has 82 valence electrons. The van der Waals surface area contributed by atoms with Gasteiger partial charge in [-0.25, -0.2) is 9.97 Å². The number of aromatic nitrogens is 2. The molecular formula is C12H19N3. The highest BCUT2D eigenvalue weighted by molar-refractivity contribution is 5.14. The number of nitrogens with two attached hydrogens (primary N) is 1. The van der Waals surface area contributed by atoms with E-state index in [1.54, 1.807) is 0 Å². The van der Waals surface area contributed by atoms with Crippen LogP contribution in [0, 0.1) is 5.92 Å². The lowest BCUT2D eigenvalue weighted by molar-refractivity contribution is 0.538. The average molecular weight is 205 g/mol. The van der Waals surface area contributed by atoms with Gasteiger partial charge in [0.25, 0.3) is 0 Å². The van der Waals surface area contributed by atoms with Crippen LogP contribution in [0.3, 0.4) is 0 Å². The van der Waals surface area contributed by atoms with Crippen LogP contribution in [0.1, 0.15) is 51.2 Å². The summed E-state index contributed by atoms with van der Waals surface area (Å²) in [6.45, 7) is 6.46. The lowest BCUT2D eigenvalue weighted by Gasteiger charge is -2.19. The van der Waals surface area contributed by atoms with E-state index in [1.165, 1.54) is 12.8 Å². The smallest absolute Gasteiger partial charge is 0.145 e. The SMILES string of the molecule is CC(C)(C)c1ccnc(C(N)C2CC2)n1. The highest BCUT2D eigenvalue weighted by Gasteiger charge is 2.31. The Labute approximate surface area is 91.1 Å². The van der Waals surface area contributed by atoms with Crippen molar-refractivity contribution in [3.8, 4) is 0 Å². The monoisotopic (exact) mass is 205 g/mol. The summed E-state index contributed by atoms with van der Waals surface area (Å²) in [5, 5.41) is 0. The molecule has 3 heteroatoms. The van der Waals surface area contributed by atoms with Crippen LogP contribution in [0.15, 0.2) is 12.3 Å². The predicted molar refractivity (Wildman–Crippen MR) is 60.4 cm³/mol. The Morgan fingerprint density at radius 1 is 1.40 bits per heavy atom. The maximum absolute atomic E-state index is 6.09. The summed E-state index contributed by atoms with van der Waals surface area (Å²) in [5.41, 5.74) is 7.23. The third kappa shape index (κ3) is 2.34. The van der Waals surface area contributed by atoms with Gasteiger partial charge in [0, 0.05) is 17.3 Å². The molecule has 0 bridgehead atoms. The second-order valence-electron chi connectivity index (χ2n) is 5.41. The first-order valence-electron chi connectivity index (χ1n) is 5.57. The van der Waals surface area contributed by atoms with E-state index >= 15 is 0 Å². The zero-order valence-electron chi connectivity index (χ0n) is 9.70. The van der Waals surface area contributed by atoms with Crippen LogP contribution in [0.25, 0.3) is 0 Å². The summed E-state index contributed by atoms with van der Waals surface area (Å²) in [7, 11) is 0. The molecule has 0 aromatic carbocycles. The van der Waals surface area contributed by atoms with Gasteiger partial charge in [0.15, 0.2) is 0 Å². The minimum atomic E-state index is 0.0345. The molecule has 3 nitrogen and oxygen atoms in total. The predicted octanol–water partition coefficient (Wildman–Crippen LogP) is 2.18. The van der Waals surface area contributed by atoms with Crippen molar-refractivity contribution in [2.75, 3.05) is 0 Å². The van der Waals surface area contributed by atoms with Gasteiger partial charge < -0.3 is 5.73 Å². The van der Waals surface area contributed by atoms with Crippen molar-refractivity contribution in [2.24, 2.45) is 11.7 Å². The van der Waals surface area contributed by atoms with Crippen LogP contribution in [-0.2, 0) is 5.41 Å². The van der Waals surface area contributed by atoms with Crippen LogP contribution in [0.4, 0.5) is 0 Å². The average Bonchev–Trinajstić information content (AvgIpc) is 2.99. The first kappa shape index (κ1) is 10.6. The van der Waals surface area contributed by atoms with Crippen molar-refractivity contribution in [2.45, 2.75) is 45.1 Å². The van der Waals surface area contributed by atoms with Crippen molar-refractivity contribution < 1.29 is 0 Å². The third-order valence-electron chi connectivity index (χ3n) is 2.87. The molecule has 1 aliphatic carbocycles. The molecule has 1 unspecified atom stereocenters. The lowest BCUT2D eigenvalue weighted by atomic mass is 9.92. The van der Waals surface area contributed by atoms with Gasteiger partial charge in [-0.2, -0.15) is 0 Å². The van der Waals surface area contributed by atoms with E-state index in [2.05, 4.69) is 30.7 Å². The molecule has 0 saturated heterocycles. The standard InChI is InChI=1S/C12H19N3/c1-12(2,3)9-6-7-14-11(15-9)10(13)8-4-5-8/h6-8,10H,4-5,13H2,1-3H3. The van der Waals surface area contributed by atoms with Crippen molar-refractivity contribution in [1.29, 1.82) is 0 Å². The second-order valence-corrected chi connectivity index (χ2v) is 5.41. The van der Waals surface area contributed by atoms with Gasteiger partial charge >= 0.3 is 0 Å². The molecule has 1 aromatic heterocycles. The van der Waals surface area contributed by atoms with Gasteiger partial charge in [-0.3, -0.25) is 0 Å². The largest absolute Gasteiger partial charge is 0.321 e. The fourth-order valence-corrected chi connectivity index (χ4v) is 1.62. The minimum absolute atomic E-state index is 0.0345. The quantitative estimate of drug-likeness (QED) is 0.805. The van der Waals surface area contributed by atoms with E-state index < -0.39 is 0 Å². The Balaban J connectivity index is 2.25. The summed E-state index contributed by atoms with van der Waals surface area (Å²) in [5.74, 6) is 1.42. The van der Waals surface area contributed by atoms with Crippen molar-refractivity contribution in [1.82, 2.24) is 9.97 Å². The molecule has 1 heterocycles. The third-order valence-corrected chi connectivity index (χ3v) is 2.87. The molecule has 1 aromatic rings. The topological polar surface area (TPSA) is 51.8 Å². The van der Waals surface area contributed by atoms with E-state index in [-0.39, 0.29) is 11.5 Å². The second kappa shape index (κ2) is 3.56. The number of nitrogens with zero attached hydrogens (tertiary/aromatic N) is 2. The van der Waals surface area contributed by atoms with Crippen molar-refractivity contribution in [3.63, 3.8) is 0 Å². The van der Waals surface area contributed by atoms with Crippen LogP contribution in [-0.4, -0.2) is 9.97 Å². The first-order chi connectivity index (χ1) is 6.98. The molecule has 1 saturated carbocycles. The first-order valence-corrected chi connectivity index (χ1v) is 5.57. The molecular weight excluding hydrogens is 186 g/mol. The molecule has 1 fully saturated rings. The molecule has 2 N–H and O–H groups in total. The summed E-state index contributed by atoms with van der Waals surface area (Å²) in [4.78, 5) is 8.85. The Morgan fingerprint density at radius 2 is 2.07 bits per heavy atom. The minimum Gasteiger partial charge on any atom is -0.321 e. The van der Waals surface area contributed by atoms with E-state index in [1.807, 2.05) is 12.3 Å². The van der Waals surface area contributed by atoms with Gasteiger partial charge in [-0.15, -0.1) is 0 Å². The van der Waals surface area contributed by atoms with Gasteiger partial charge in [-0.05, 0) is 24.8 Å². The molecule has 1 atom stereocenters. The maximum Gasteiger partial charge on any atom is 0.145 e. The van der Waals surface area contributed by atoms with E-state index in [4.69, 9.17) is 5.73 Å². The molecule has 0 spiro atoms.